The van der Waals surface area contributed by atoms with Gasteiger partial charge in [-0.15, -0.1) is 0 Å². The first-order valence-corrected chi connectivity index (χ1v) is 8.23. The quantitative estimate of drug-likeness (QED) is 0.759. The lowest BCUT2D eigenvalue weighted by atomic mass is 9.84. The summed E-state index contributed by atoms with van der Waals surface area (Å²) in [5, 5.41) is 6.63. The highest BCUT2D eigenvalue weighted by atomic mass is 32.2. The molecule has 2 aromatic heterocycles. The van der Waals surface area contributed by atoms with E-state index in [4.69, 9.17) is 0 Å². The SMILES string of the molecule is CCNc1nc(NCC2(SC)CCC2)c2[nH]cnc2n1. The van der Waals surface area contributed by atoms with E-state index >= 15 is 0 Å². The van der Waals surface area contributed by atoms with Gasteiger partial charge in [-0.25, -0.2) is 4.98 Å². The van der Waals surface area contributed by atoms with Gasteiger partial charge in [0.15, 0.2) is 11.5 Å². The van der Waals surface area contributed by atoms with Gasteiger partial charge < -0.3 is 15.6 Å². The van der Waals surface area contributed by atoms with Gasteiger partial charge in [0.05, 0.1) is 6.33 Å². The molecule has 2 heterocycles. The van der Waals surface area contributed by atoms with E-state index in [-0.39, 0.29) is 0 Å². The maximum atomic E-state index is 4.54. The summed E-state index contributed by atoms with van der Waals surface area (Å²) in [5.41, 5.74) is 1.58. The van der Waals surface area contributed by atoms with E-state index in [1.54, 1.807) is 6.33 Å². The molecule has 0 aromatic carbocycles. The van der Waals surface area contributed by atoms with Gasteiger partial charge in [0.1, 0.15) is 5.52 Å². The van der Waals surface area contributed by atoms with Gasteiger partial charge in [0, 0.05) is 17.8 Å². The van der Waals surface area contributed by atoms with Gasteiger partial charge in [-0.1, -0.05) is 6.42 Å². The average molecular weight is 292 g/mol. The van der Waals surface area contributed by atoms with Crippen molar-refractivity contribution >= 4 is 34.7 Å². The van der Waals surface area contributed by atoms with Crippen molar-refractivity contribution in [2.45, 2.75) is 30.9 Å². The topological polar surface area (TPSA) is 78.5 Å². The van der Waals surface area contributed by atoms with Crippen molar-refractivity contribution in [3.05, 3.63) is 6.33 Å². The smallest absolute Gasteiger partial charge is 0.226 e. The summed E-state index contributed by atoms with van der Waals surface area (Å²) < 4.78 is 0.371. The summed E-state index contributed by atoms with van der Waals surface area (Å²) in [7, 11) is 0. The van der Waals surface area contributed by atoms with Crippen LogP contribution in [0.4, 0.5) is 11.8 Å². The maximum Gasteiger partial charge on any atom is 0.226 e. The fourth-order valence-corrected chi connectivity index (χ4v) is 3.38. The number of thioether (sulfide) groups is 1. The molecule has 7 heteroatoms. The lowest BCUT2D eigenvalue weighted by Gasteiger charge is -2.40. The number of hydrogen-bond acceptors (Lipinski definition) is 6. The minimum Gasteiger partial charge on any atom is -0.367 e. The highest BCUT2D eigenvalue weighted by Gasteiger charge is 2.36. The number of aromatic amines is 1. The monoisotopic (exact) mass is 292 g/mol. The molecule has 20 heavy (non-hydrogen) atoms. The predicted molar refractivity (Wildman–Crippen MR) is 84.4 cm³/mol. The third-order valence-electron chi connectivity index (χ3n) is 3.90. The molecule has 0 radical (unpaired) electrons. The van der Waals surface area contributed by atoms with Gasteiger partial charge in [-0.3, -0.25) is 0 Å². The molecule has 0 amide bonds. The second-order valence-electron chi connectivity index (χ2n) is 5.12. The maximum absolute atomic E-state index is 4.54. The van der Waals surface area contributed by atoms with Crippen molar-refractivity contribution in [2.24, 2.45) is 0 Å². The molecule has 1 fully saturated rings. The van der Waals surface area contributed by atoms with E-state index < -0.39 is 0 Å². The van der Waals surface area contributed by atoms with Gasteiger partial charge >= 0.3 is 0 Å². The summed E-state index contributed by atoms with van der Waals surface area (Å²) in [4.78, 5) is 16.3. The van der Waals surface area contributed by atoms with E-state index in [1.165, 1.54) is 19.3 Å². The lowest BCUT2D eigenvalue weighted by molar-refractivity contribution is 0.379. The number of fused-ring (bicyclic) bond motifs is 1. The summed E-state index contributed by atoms with van der Waals surface area (Å²) in [6.45, 7) is 3.76. The standard InChI is InChI=1S/C13H20N6S/c1-3-14-12-18-10(9-11(19-12)17-8-16-9)15-7-13(20-2)5-4-6-13/h8H,3-7H2,1-2H3,(H3,14,15,16,17,18,19). The average Bonchev–Trinajstić information content (AvgIpc) is 2.86. The highest BCUT2D eigenvalue weighted by Crippen LogP contribution is 2.42. The normalized spacial score (nSPS) is 16.9. The van der Waals surface area contributed by atoms with Crippen LogP contribution in [0.5, 0.6) is 0 Å². The molecule has 3 N–H and O–H groups in total. The third-order valence-corrected chi connectivity index (χ3v) is 5.31. The predicted octanol–water partition coefficient (Wildman–Crippen LogP) is 2.48. The van der Waals surface area contributed by atoms with Crippen molar-refractivity contribution in [1.29, 1.82) is 0 Å². The minimum absolute atomic E-state index is 0.371. The summed E-state index contributed by atoms with van der Waals surface area (Å²) in [6.07, 6.45) is 7.73. The van der Waals surface area contributed by atoms with Crippen molar-refractivity contribution in [2.75, 3.05) is 30.0 Å². The van der Waals surface area contributed by atoms with E-state index in [0.29, 0.717) is 16.3 Å². The van der Waals surface area contributed by atoms with Crippen molar-refractivity contribution < 1.29 is 0 Å². The number of anilines is 2. The molecule has 1 aliphatic rings. The van der Waals surface area contributed by atoms with Gasteiger partial charge in [-0.05, 0) is 26.0 Å². The molecule has 0 aliphatic heterocycles. The number of rotatable bonds is 6. The Balaban J connectivity index is 1.83. The molecule has 0 bridgehead atoms. The van der Waals surface area contributed by atoms with Gasteiger partial charge in [-0.2, -0.15) is 21.7 Å². The molecule has 1 saturated carbocycles. The number of nitrogens with one attached hydrogen (secondary N) is 3. The summed E-state index contributed by atoms with van der Waals surface area (Å²) in [6, 6.07) is 0. The third kappa shape index (κ3) is 2.42. The van der Waals surface area contributed by atoms with Gasteiger partial charge in [0.25, 0.3) is 0 Å². The Labute approximate surface area is 122 Å². The second kappa shape index (κ2) is 5.47. The molecule has 0 atom stereocenters. The molecule has 0 spiro atoms. The Morgan fingerprint density at radius 2 is 2.20 bits per heavy atom. The van der Waals surface area contributed by atoms with Crippen LogP contribution in [0, 0.1) is 0 Å². The van der Waals surface area contributed by atoms with Crippen molar-refractivity contribution in [3.8, 4) is 0 Å². The number of H-pyrrole nitrogens is 1. The second-order valence-corrected chi connectivity index (χ2v) is 6.40. The van der Waals surface area contributed by atoms with Crippen LogP contribution in [0.2, 0.25) is 0 Å². The zero-order chi connectivity index (χ0) is 14.0. The Kier molecular flexibility index (Phi) is 3.69. The molecular weight excluding hydrogens is 272 g/mol. The fourth-order valence-electron chi connectivity index (χ4n) is 2.47. The zero-order valence-electron chi connectivity index (χ0n) is 11.9. The van der Waals surface area contributed by atoms with Crippen LogP contribution >= 0.6 is 11.8 Å². The summed E-state index contributed by atoms with van der Waals surface area (Å²) in [5.74, 6) is 1.46. The van der Waals surface area contributed by atoms with Crippen LogP contribution in [0.3, 0.4) is 0 Å². The van der Waals surface area contributed by atoms with Crippen LogP contribution in [-0.2, 0) is 0 Å². The Morgan fingerprint density at radius 3 is 2.85 bits per heavy atom. The number of hydrogen-bond donors (Lipinski definition) is 3. The van der Waals surface area contributed by atoms with Crippen LogP contribution in [0.1, 0.15) is 26.2 Å². The Hall–Kier alpha value is -1.50. The molecular formula is C13H20N6S. The van der Waals surface area contributed by atoms with Crippen molar-refractivity contribution in [1.82, 2.24) is 19.9 Å². The minimum atomic E-state index is 0.371. The van der Waals surface area contributed by atoms with E-state index in [9.17, 15) is 0 Å². The van der Waals surface area contributed by atoms with Crippen LogP contribution in [0.15, 0.2) is 6.33 Å². The highest BCUT2D eigenvalue weighted by molar-refractivity contribution is 8.00. The number of nitrogens with zero attached hydrogens (tertiary/aromatic N) is 3. The first-order chi connectivity index (χ1) is 9.76. The van der Waals surface area contributed by atoms with E-state index in [1.807, 2.05) is 18.7 Å². The zero-order valence-corrected chi connectivity index (χ0v) is 12.7. The number of imidazole rings is 1. The molecule has 6 nitrogen and oxygen atoms in total. The first-order valence-electron chi connectivity index (χ1n) is 7.00. The largest absolute Gasteiger partial charge is 0.367 e. The van der Waals surface area contributed by atoms with Crippen LogP contribution < -0.4 is 10.6 Å². The Morgan fingerprint density at radius 1 is 1.35 bits per heavy atom. The molecule has 0 saturated heterocycles. The first kappa shape index (κ1) is 13.5. The molecule has 3 rings (SSSR count). The summed E-state index contributed by atoms with van der Waals surface area (Å²) >= 11 is 1.95. The van der Waals surface area contributed by atoms with Crippen LogP contribution in [-0.4, -0.2) is 44.0 Å². The molecule has 2 aromatic rings. The molecule has 1 aliphatic carbocycles. The van der Waals surface area contributed by atoms with Crippen LogP contribution in [0.25, 0.3) is 11.2 Å². The fraction of sp³-hybridized carbons (Fsp3) is 0.615. The van der Waals surface area contributed by atoms with E-state index in [0.717, 1.165) is 24.4 Å². The Bertz CT molecular complexity index is 586. The molecule has 0 unspecified atom stereocenters. The van der Waals surface area contributed by atoms with E-state index in [2.05, 4.69) is 36.8 Å². The molecule has 108 valence electrons. The lowest BCUT2D eigenvalue weighted by Crippen LogP contribution is -2.40. The number of aromatic nitrogens is 4. The van der Waals surface area contributed by atoms with Gasteiger partial charge in [0.2, 0.25) is 5.95 Å². The van der Waals surface area contributed by atoms with Crippen molar-refractivity contribution in [3.63, 3.8) is 0 Å².